The van der Waals surface area contributed by atoms with Gasteiger partial charge >= 0.3 is 0 Å². The van der Waals surface area contributed by atoms with Gasteiger partial charge in [0.1, 0.15) is 0 Å². The lowest BCUT2D eigenvalue weighted by molar-refractivity contribution is 0.0642. The highest BCUT2D eigenvalue weighted by Gasteiger charge is 2.35. The lowest BCUT2D eigenvalue weighted by atomic mass is 10.1. The van der Waals surface area contributed by atoms with E-state index in [1.807, 2.05) is 35.2 Å². The molecule has 0 bridgehead atoms. The van der Waals surface area contributed by atoms with Gasteiger partial charge in [0.2, 0.25) is 0 Å². The molecule has 1 fully saturated rings. The van der Waals surface area contributed by atoms with Gasteiger partial charge < -0.3 is 9.80 Å². The van der Waals surface area contributed by atoms with Crippen molar-refractivity contribution in [3.8, 4) is 6.07 Å². The number of carbonyl (C=O) groups is 3. The van der Waals surface area contributed by atoms with Crippen LogP contribution in [0.25, 0.3) is 0 Å². The first-order valence-electron chi connectivity index (χ1n) is 11.6. The minimum absolute atomic E-state index is 0.0594. The summed E-state index contributed by atoms with van der Waals surface area (Å²) in [7, 11) is 0. The first-order valence-corrected chi connectivity index (χ1v) is 11.6. The molecule has 2 aliphatic heterocycles. The first kappa shape index (κ1) is 22.4. The van der Waals surface area contributed by atoms with Gasteiger partial charge in [-0.15, -0.1) is 0 Å². The fourth-order valence-electron chi connectivity index (χ4n) is 4.68. The molecule has 7 heteroatoms. The van der Waals surface area contributed by atoms with Crippen LogP contribution in [-0.2, 0) is 6.54 Å². The van der Waals surface area contributed by atoms with Crippen LogP contribution in [0.2, 0.25) is 0 Å². The van der Waals surface area contributed by atoms with Gasteiger partial charge in [-0.25, -0.2) is 0 Å². The molecule has 1 saturated heterocycles. The number of anilines is 1. The van der Waals surface area contributed by atoms with Gasteiger partial charge in [-0.05, 0) is 60.5 Å². The zero-order valence-corrected chi connectivity index (χ0v) is 19.2. The summed E-state index contributed by atoms with van der Waals surface area (Å²) in [5.41, 5.74) is 3.79. The Morgan fingerprint density at radius 3 is 2.23 bits per heavy atom. The minimum atomic E-state index is -0.308. The summed E-state index contributed by atoms with van der Waals surface area (Å²) in [5, 5.41) is 9.01. The van der Waals surface area contributed by atoms with Crippen molar-refractivity contribution in [2.24, 2.45) is 0 Å². The average Bonchev–Trinajstić information content (AvgIpc) is 3.06. The van der Waals surface area contributed by atoms with Crippen molar-refractivity contribution in [2.45, 2.75) is 13.0 Å². The molecule has 0 unspecified atom stereocenters. The molecular weight excluding hydrogens is 440 g/mol. The normalized spacial score (nSPS) is 15.6. The van der Waals surface area contributed by atoms with Crippen LogP contribution in [0.4, 0.5) is 5.69 Å². The topological polar surface area (TPSA) is 84.7 Å². The quantitative estimate of drug-likeness (QED) is 0.550. The second kappa shape index (κ2) is 9.43. The number of rotatable bonds is 4. The molecule has 0 saturated carbocycles. The molecule has 3 aromatic rings. The number of nitrogens with zero attached hydrogens (tertiary/aromatic N) is 4. The standard InChI is InChI=1S/C28H24N4O3/c29-18-20-9-11-23(12-10-20)30-13-4-14-31(16-15-30)26(33)22-6-3-5-21(17-22)19-32-27(34)24-7-1-2-8-25(24)28(32)35/h1-3,5-12,17H,4,13-16,19H2. The lowest BCUT2D eigenvalue weighted by Crippen LogP contribution is -2.35. The smallest absolute Gasteiger partial charge is 0.261 e. The second-order valence-electron chi connectivity index (χ2n) is 8.73. The number of imide groups is 1. The van der Waals surface area contributed by atoms with E-state index in [2.05, 4.69) is 11.0 Å². The van der Waals surface area contributed by atoms with Crippen LogP contribution in [0.5, 0.6) is 0 Å². The molecule has 35 heavy (non-hydrogen) atoms. The third kappa shape index (κ3) is 4.38. The molecule has 0 atom stereocenters. The zero-order chi connectivity index (χ0) is 24.4. The predicted octanol–water partition coefficient (Wildman–Crippen LogP) is 3.71. The van der Waals surface area contributed by atoms with E-state index >= 15 is 0 Å². The van der Waals surface area contributed by atoms with Gasteiger partial charge in [0.25, 0.3) is 17.7 Å². The minimum Gasteiger partial charge on any atom is -0.370 e. The van der Waals surface area contributed by atoms with Gasteiger partial charge in [-0.3, -0.25) is 19.3 Å². The van der Waals surface area contributed by atoms with Crippen molar-refractivity contribution in [1.82, 2.24) is 9.80 Å². The Balaban J connectivity index is 1.26. The number of carbonyl (C=O) groups excluding carboxylic acids is 3. The molecule has 7 nitrogen and oxygen atoms in total. The molecule has 0 spiro atoms. The van der Waals surface area contributed by atoms with Crippen molar-refractivity contribution >= 4 is 23.4 Å². The van der Waals surface area contributed by atoms with Crippen LogP contribution in [-0.4, -0.2) is 53.7 Å². The van der Waals surface area contributed by atoms with Crippen molar-refractivity contribution in [3.63, 3.8) is 0 Å². The predicted molar refractivity (Wildman–Crippen MR) is 131 cm³/mol. The van der Waals surface area contributed by atoms with Crippen LogP contribution in [0, 0.1) is 11.3 Å². The fraction of sp³-hybridized carbons (Fsp3) is 0.214. The molecule has 3 amide bonds. The highest BCUT2D eigenvalue weighted by molar-refractivity contribution is 6.21. The summed E-state index contributed by atoms with van der Waals surface area (Å²) in [4.78, 5) is 44.0. The zero-order valence-electron chi connectivity index (χ0n) is 19.2. The largest absolute Gasteiger partial charge is 0.370 e. The maximum atomic E-state index is 13.3. The van der Waals surface area contributed by atoms with E-state index in [0.717, 1.165) is 24.2 Å². The van der Waals surface area contributed by atoms with Crippen LogP contribution in [0.15, 0.2) is 72.8 Å². The van der Waals surface area contributed by atoms with Gasteiger partial charge in [-0.1, -0.05) is 24.3 Å². The third-order valence-electron chi connectivity index (χ3n) is 6.54. The summed E-state index contributed by atoms with van der Waals surface area (Å²) in [6, 6.07) is 23.6. The summed E-state index contributed by atoms with van der Waals surface area (Å²) in [5.74, 6) is -0.675. The number of benzene rings is 3. The molecular formula is C28H24N4O3. The number of fused-ring (bicyclic) bond motifs is 1. The van der Waals surface area contributed by atoms with Crippen molar-refractivity contribution in [3.05, 3.63) is 101 Å². The summed E-state index contributed by atoms with van der Waals surface area (Å²) < 4.78 is 0. The first-order chi connectivity index (χ1) is 17.0. The molecule has 2 aliphatic rings. The van der Waals surface area contributed by atoms with E-state index in [0.29, 0.717) is 41.9 Å². The van der Waals surface area contributed by atoms with E-state index < -0.39 is 0 Å². The van der Waals surface area contributed by atoms with E-state index in [-0.39, 0.29) is 24.3 Å². The maximum absolute atomic E-state index is 13.3. The van der Waals surface area contributed by atoms with Gasteiger partial charge in [-0.2, -0.15) is 5.26 Å². The van der Waals surface area contributed by atoms with Crippen molar-refractivity contribution < 1.29 is 14.4 Å². The highest BCUT2D eigenvalue weighted by Crippen LogP contribution is 2.25. The number of nitriles is 1. The Hall–Kier alpha value is -4.44. The Bertz CT molecular complexity index is 1310. The fourth-order valence-corrected chi connectivity index (χ4v) is 4.68. The van der Waals surface area contributed by atoms with Gasteiger partial charge in [0.15, 0.2) is 0 Å². The molecule has 0 radical (unpaired) electrons. The lowest BCUT2D eigenvalue weighted by Gasteiger charge is -2.24. The molecule has 0 aliphatic carbocycles. The third-order valence-corrected chi connectivity index (χ3v) is 6.54. The SMILES string of the molecule is N#Cc1ccc(N2CCCN(C(=O)c3cccc(CN4C(=O)c5ccccc5C4=O)c3)CC2)cc1. The second-order valence-corrected chi connectivity index (χ2v) is 8.73. The maximum Gasteiger partial charge on any atom is 0.261 e. The number of amides is 3. The molecule has 0 N–H and O–H groups in total. The summed E-state index contributed by atoms with van der Waals surface area (Å²) >= 11 is 0. The van der Waals surface area contributed by atoms with Crippen LogP contribution < -0.4 is 4.90 Å². The Morgan fingerprint density at radius 1 is 0.829 bits per heavy atom. The van der Waals surface area contributed by atoms with Gasteiger partial charge in [0.05, 0.1) is 29.3 Å². The van der Waals surface area contributed by atoms with Crippen molar-refractivity contribution in [1.29, 1.82) is 5.26 Å². The van der Waals surface area contributed by atoms with E-state index in [1.54, 1.807) is 42.5 Å². The number of hydrogen-bond donors (Lipinski definition) is 0. The van der Waals surface area contributed by atoms with Gasteiger partial charge in [0, 0.05) is 37.4 Å². The van der Waals surface area contributed by atoms with E-state index in [1.165, 1.54) is 4.90 Å². The Morgan fingerprint density at radius 2 is 1.54 bits per heavy atom. The molecule has 3 aromatic carbocycles. The monoisotopic (exact) mass is 464 g/mol. The van der Waals surface area contributed by atoms with E-state index in [4.69, 9.17) is 5.26 Å². The Labute approximate surface area is 203 Å². The summed E-state index contributed by atoms with van der Waals surface area (Å²) in [6.07, 6.45) is 0.834. The highest BCUT2D eigenvalue weighted by atomic mass is 16.2. The molecule has 0 aromatic heterocycles. The van der Waals surface area contributed by atoms with E-state index in [9.17, 15) is 14.4 Å². The Kier molecular flexibility index (Phi) is 6.02. The van der Waals surface area contributed by atoms with Crippen LogP contribution in [0.3, 0.4) is 0 Å². The van der Waals surface area contributed by atoms with Crippen LogP contribution in [0.1, 0.15) is 48.6 Å². The van der Waals surface area contributed by atoms with Crippen molar-refractivity contribution in [2.75, 3.05) is 31.1 Å². The number of hydrogen-bond acceptors (Lipinski definition) is 5. The molecule has 5 rings (SSSR count). The molecule has 174 valence electrons. The molecule has 2 heterocycles. The summed E-state index contributed by atoms with van der Waals surface area (Å²) in [6.45, 7) is 2.89. The average molecular weight is 465 g/mol. The van der Waals surface area contributed by atoms with Crippen LogP contribution >= 0.6 is 0 Å².